The van der Waals surface area contributed by atoms with E-state index in [1.807, 2.05) is 33.8 Å². The van der Waals surface area contributed by atoms with Gasteiger partial charge in [-0.2, -0.15) is 10.4 Å². The fraction of sp³-hybridized carbons (Fsp3) is 0.125. The topological polar surface area (TPSA) is 66.8 Å². The minimum Gasteiger partial charge on any atom is -0.328 e. The second-order valence-electron chi connectivity index (χ2n) is 7.44. The maximum absolute atomic E-state index is 13.0. The maximum Gasteiger partial charge on any atom is 0.254 e. The number of rotatable bonds is 3. The molecule has 146 valence electrons. The zero-order valence-corrected chi connectivity index (χ0v) is 16.5. The summed E-state index contributed by atoms with van der Waals surface area (Å²) in [5.74, 6) is 0.852. The molecule has 2 aromatic carbocycles. The Balaban J connectivity index is 1.53. The van der Waals surface area contributed by atoms with Gasteiger partial charge < -0.3 is 9.47 Å². The molecule has 1 amide bonds. The number of aromatic nitrogens is 3. The van der Waals surface area contributed by atoms with Crippen molar-refractivity contribution in [1.29, 1.82) is 5.26 Å². The Bertz CT molecular complexity index is 1280. The zero-order chi connectivity index (χ0) is 20.7. The van der Waals surface area contributed by atoms with E-state index in [-0.39, 0.29) is 5.91 Å². The molecule has 0 spiro atoms. The van der Waals surface area contributed by atoms with E-state index in [0.29, 0.717) is 24.2 Å². The molecule has 0 aliphatic carbocycles. The van der Waals surface area contributed by atoms with Gasteiger partial charge in [-0.1, -0.05) is 23.8 Å². The van der Waals surface area contributed by atoms with Gasteiger partial charge >= 0.3 is 0 Å². The molecule has 0 bridgehead atoms. The lowest BCUT2D eigenvalue weighted by Gasteiger charge is -2.18. The lowest BCUT2D eigenvalue weighted by Crippen LogP contribution is -2.26. The Kier molecular flexibility index (Phi) is 4.22. The van der Waals surface area contributed by atoms with Gasteiger partial charge in [0.2, 0.25) is 0 Å². The van der Waals surface area contributed by atoms with E-state index >= 15 is 0 Å². The summed E-state index contributed by atoms with van der Waals surface area (Å²) in [5, 5.41) is 14.0. The van der Waals surface area contributed by atoms with Crippen LogP contribution in [0.5, 0.6) is 0 Å². The molecule has 0 N–H and O–H groups in total. The summed E-state index contributed by atoms with van der Waals surface area (Å²) in [6, 6.07) is 21.1. The van der Waals surface area contributed by atoms with Crippen molar-refractivity contribution in [2.24, 2.45) is 0 Å². The van der Waals surface area contributed by atoms with Crippen molar-refractivity contribution < 1.29 is 4.79 Å². The highest BCUT2D eigenvalue weighted by Gasteiger charge is 2.31. The van der Waals surface area contributed by atoms with Crippen molar-refractivity contribution in [1.82, 2.24) is 19.2 Å². The lowest BCUT2D eigenvalue weighted by molar-refractivity contribution is 0.0749. The first-order valence-corrected chi connectivity index (χ1v) is 9.74. The predicted octanol–water partition coefficient (Wildman–Crippen LogP) is 4.00. The number of hydrogen-bond donors (Lipinski definition) is 0. The number of benzene rings is 2. The zero-order valence-electron chi connectivity index (χ0n) is 16.5. The van der Waals surface area contributed by atoms with Gasteiger partial charge in [-0.25, -0.2) is 4.68 Å². The Morgan fingerprint density at radius 1 is 1.03 bits per heavy atom. The molecule has 4 aromatic rings. The SMILES string of the molecule is Cc1ccc(-n2nc3c(c2-n2cccc2)CN(C(=O)c2cccc(C#N)c2)C3)cc1. The predicted molar refractivity (Wildman–Crippen MR) is 112 cm³/mol. The summed E-state index contributed by atoms with van der Waals surface area (Å²) in [6.45, 7) is 2.98. The van der Waals surface area contributed by atoms with Crippen LogP contribution in [0.15, 0.2) is 73.1 Å². The Morgan fingerprint density at radius 2 is 1.80 bits per heavy atom. The molecule has 0 unspecified atom stereocenters. The summed E-state index contributed by atoms with van der Waals surface area (Å²) in [7, 11) is 0. The second-order valence-corrected chi connectivity index (χ2v) is 7.44. The van der Waals surface area contributed by atoms with Crippen LogP contribution in [0.25, 0.3) is 11.5 Å². The van der Waals surface area contributed by atoms with Gasteiger partial charge in [0, 0.05) is 23.5 Å². The Hall–Kier alpha value is -4.11. The van der Waals surface area contributed by atoms with Gasteiger partial charge in [-0.15, -0.1) is 0 Å². The largest absolute Gasteiger partial charge is 0.328 e. The van der Waals surface area contributed by atoms with E-state index in [2.05, 4.69) is 37.3 Å². The molecule has 30 heavy (non-hydrogen) atoms. The van der Waals surface area contributed by atoms with Crippen molar-refractivity contribution in [3.05, 3.63) is 101 Å². The fourth-order valence-electron chi connectivity index (χ4n) is 3.86. The van der Waals surface area contributed by atoms with Gasteiger partial charge in [0.15, 0.2) is 0 Å². The van der Waals surface area contributed by atoms with Crippen molar-refractivity contribution in [3.63, 3.8) is 0 Å². The van der Waals surface area contributed by atoms with Crippen LogP contribution < -0.4 is 0 Å². The second kappa shape index (κ2) is 7.05. The standard InChI is InChI=1S/C24H19N5O/c1-17-7-9-20(10-8-17)29-23(27-11-2-3-12-27)21-15-28(16-22(21)26-29)24(30)19-6-4-5-18(13-19)14-25/h2-13H,15-16H2,1H3. The highest BCUT2D eigenvalue weighted by molar-refractivity contribution is 5.95. The average molecular weight is 393 g/mol. The molecule has 0 saturated heterocycles. The highest BCUT2D eigenvalue weighted by Crippen LogP contribution is 2.31. The molecule has 0 fully saturated rings. The number of carbonyl (C=O) groups excluding carboxylic acids is 1. The maximum atomic E-state index is 13.0. The summed E-state index contributed by atoms with van der Waals surface area (Å²) < 4.78 is 3.98. The van der Waals surface area contributed by atoms with Crippen molar-refractivity contribution >= 4 is 5.91 Å². The molecular weight excluding hydrogens is 374 g/mol. The molecule has 6 nitrogen and oxygen atoms in total. The number of aryl methyl sites for hydroxylation is 1. The molecule has 0 atom stereocenters. The normalized spacial score (nSPS) is 12.6. The van der Waals surface area contributed by atoms with Crippen LogP contribution in [-0.2, 0) is 13.1 Å². The first kappa shape index (κ1) is 18.0. The van der Waals surface area contributed by atoms with Crippen LogP contribution in [0, 0.1) is 18.3 Å². The number of nitriles is 1. The van der Waals surface area contributed by atoms with Crippen LogP contribution in [0.3, 0.4) is 0 Å². The van der Waals surface area contributed by atoms with E-state index in [4.69, 9.17) is 10.4 Å². The molecule has 1 aliphatic heterocycles. The number of fused-ring (bicyclic) bond motifs is 1. The number of carbonyl (C=O) groups is 1. The molecule has 2 aromatic heterocycles. The summed E-state index contributed by atoms with van der Waals surface area (Å²) in [6.07, 6.45) is 3.98. The molecule has 0 radical (unpaired) electrons. The molecular formula is C24H19N5O. The van der Waals surface area contributed by atoms with E-state index in [1.54, 1.807) is 29.2 Å². The summed E-state index contributed by atoms with van der Waals surface area (Å²) in [4.78, 5) is 14.8. The molecule has 0 saturated carbocycles. The Morgan fingerprint density at radius 3 is 2.53 bits per heavy atom. The molecule has 3 heterocycles. The third-order valence-corrected chi connectivity index (χ3v) is 5.38. The van der Waals surface area contributed by atoms with Crippen LogP contribution in [0.1, 0.15) is 32.7 Å². The monoisotopic (exact) mass is 393 g/mol. The minimum absolute atomic E-state index is 0.0922. The van der Waals surface area contributed by atoms with Crippen molar-refractivity contribution in [2.75, 3.05) is 0 Å². The first-order chi connectivity index (χ1) is 14.6. The van der Waals surface area contributed by atoms with Crippen molar-refractivity contribution in [2.45, 2.75) is 20.0 Å². The van der Waals surface area contributed by atoms with Crippen LogP contribution in [-0.4, -0.2) is 25.2 Å². The molecule has 6 heteroatoms. The number of amides is 1. The van der Waals surface area contributed by atoms with Crippen LogP contribution in [0.2, 0.25) is 0 Å². The smallest absolute Gasteiger partial charge is 0.254 e. The molecule has 1 aliphatic rings. The third kappa shape index (κ3) is 2.97. The molecule has 5 rings (SSSR count). The first-order valence-electron chi connectivity index (χ1n) is 9.74. The minimum atomic E-state index is -0.0922. The highest BCUT2D eigenvalue weighted by atomic mass is 16.2. The van der Waals surface area contributed by atoms with E-state index in [0.717, 1.165) is 22.8 Å². The Labute approximate surface area is 174 Å². The van der Waals surface area contributed by atoms with Gasteiger partial charge in [-0.05, 0) is 49.4 Å². The lowest BCUT2D eigenvalue weighted by atomic mass is 10.1. The van der Waals surface area contributed by atoms with E-state index in [9.17, 15) is 4.79 Å². The summed E-state index contributed by atoms with van der Waals surface area (Å²) in [5.41, 5.74) is 5.11. The number of hydrogen-bond acceptors (Lipinski definition) is 3. The summed E-state index contributed by atoms with van der Waals surface area (Å²) >= 11 is 0. The van der Waals surface area contributed by atoms with Gasteiger partial charge in [-0.3, -0.25) is 4.79 Å². The fourth-order valence-corrected chi connectivity index (χ4v) is 3.86. The van der Waals surface area contributed by atoms with E-state index < -0.39 is 0 Å². The van der Waals surface area contributed by atoms with Gasteiger partial charge in [0.05, 0.1) is 36.1 Å². The third-order valence-electron chi connectivity index (χ3n) is 5.38. The average Bonchev–Trinajstić information content (AvgIpc) is 3.50. The van der Waals surface area contributed by atoms with Crippen molar-refractivity contribution in [3.8, 4) is 17.6 Å². The van der Waals surface area contributed by atoms with Gasteiger partial charge in [0.25, 0.3) is 5.91 Å². The van der Waals surface area contributed by atoms with E-state index in [1.165, 1.54) is 5.56 Å². The van der Waals surface area contributed by atoms with Gasteiger partial charge in [0.1, 0.15) is 5.82 Å². The van der Waals surface area contributed by atoms with Crippen LogP contribution in [0.4, 0.5) is 0 Å². The quantitative estimate of drug-likeness (QED) is 0.528. The number of nitrogens with zero attached hydrogens (tertiary/aromatic N) is 5. The van der Waals surface area contributed by atoms with Crippen LogP contribution >= 0.6 is 0 Å².